The Hall–Kier alpha value is -4.09. The molecule has 9 nitrogen and oxygen atoms in total. The minimum absolute atomic E-state index is 0.0269. The number of likely N-dealkylation sites (tertiary alicyclic amines) is 1. The number of carbonyl (C=O) groups excluding carboxylic acids is 2. The average molecular weight is 534 g/mol. The first-order valence-electron chi connectivity index (χ1n) is 12.3. The Bertz CT molecular complexity index is 1510. The number of fused-ring (bicyclic) bond motifs is 1. The molecular weight excluding hydrogens is 509 g/mol. The Morgan fingerprint density at radius 3 is 2.76 bits per heavy atom. The van der Waals surface area contributed by atoms with Crippen molar-refractivity contribution in [1.82, 2.24) is 20.2 Å². The van der Waals surface area contributed by atoms with Crippen molar-refractivity contribution in [2.24, 2.45) is 0 Å². The fraction of sp³-hybridized carbons (Fsp3) is 0.259. The molecule has 1 aromatic carbocycles. The van der Waals surface area contributed by atoms with E-state index in [0.717, 1.165) is 33.8 Å². The first kappa shape index (κ1) is 24.3. The van der Waals surface area contributed by atoms with Crippen molar-refractivity contribution < 1.29 is 23.5 Å². The van der Waals surface area contributed by atoms with Crippen LogP contribution in [-0.2, 0) is 16.1 Å². The Morgan fingerprint density at radius 1 is 1.16 bits per heavy atom. The SMILES string of the molecule is O=C(Nc1ccc(Oc2ccnc3cc(-c4ccc(CN5CCCC5=O)cn4)sc23)c(F)c1)NC1COC1. The molecule has 0 unspecified atom stereocenters. The van der Waals surface area contributed by atoms with Crippen molar-refractivity contribution >= 4 is 39.2 Å². The molecule has 0 atom stereocenters. The lowest BCUT2D eigenvalue weighted by Gasteiger charge is -2.26. The maximum absolute atomic E-state index is 14.8. The molecule has 4 aromatic rings. The molecule has 11 heteroatoms. The Morgan fingerprint density at radius 2 is 2.05 bits per heavy atom. The predicted octanol–water partition coefficient (Wildman–Crippen LogP) is 4.93. The van der Waals surface area contributed by atoms with E-state index in [2.05, 4.69) is 20.6 Å². The number of nitrogens with zero attached hydrogens (tertiary/aromatic N) is 3. The van der Waals surface area contributed by atoms with Crippen LogP contribution in [0.4, 0.5) is 14.9 Å². The molecule has 194 valence electrons. The molecule has 0 radical (unpaired) electrons. The van der Waals surface area contributed by atoms with E-state index in [1.54, 1.807) is 24.5 Å². The summed E-state index contributed by atoms with van der Waals surface area (Å²) in [5, 5.41) is 5.36. The van der Waals surface area contributed by atoms with Crippen LogP contribution in [0, 0.1) is 5.82 Å². The first-order valence-corrected chi connectivity index (χ1v) is 13.1. The van der Waals surface area contributed by atoms with Gasteiger partial charge in [-0.15, -0.1) is 11.3 Å². The van der Waals surface area contributed by atoms with Crippen LogP contribution >= 0.6 is 11.3 Å². The van der Waals surface area contributed by atoms with Crippen molar-refractivity contribution in [2.45, 2.75) is 25.4 Å². The highest BCUT2D eigenvalue weighted by Crippen LogP contribution is 2.39. The zero-order valence-electron chi connectivity index (χ0n) is 20.3. The number of amides is 3. The van der Waals surface area contributed by atoms with Crippen LogP contribution in [0.2, 0.25) is 0 Å². The number of hydrogen-bond acceptors (Lipinski definition) is 7. The topological polar surface area (TPSA) is 106 Å². The van der Waals surface area contributed by atoms with Gasteiger partial charge in [-0.05, 0) is 36.2 Å². The van der Waals surface area contributed by atoms with Gasteiger partial charge in [-0.1, -0.05) is 6.07 Å². The number of thiophene rings is 1. The summed E-state index contributed by atoms with van der Waals surface area (Å²) in [4.78, 5) is 35.7. The van der Waals surface area contributed by atoms with Gasteiger partial charge in [-0.3, -0.25) is 14.8 Å². The second kappa shape index (κ2) is 10.3. The van der Waals surface area contributed by atoms with Crippen LogP contribution in [-0.4, -0.2) is 52.6 Å². The average Bonchev–Trinajstić information content (AvgIpc) is 3.50. The number of aromatic nitrogens is 2. The number of hydrogen-bond donors (Lipinski definition) is 2. The molecule has 2 saturated heterocycles. The van der Waals surface area contributed by atoms with Crippen LogP contribution in [0.5, 0.6) is 11.5 Å². The molecular formula is C27H24FN5O4S. The fourth-order valence-electron chi connectivity index (χ4n) is 4.33. The lowest BCUT2D eigenvalue weighted by molar-refractivity contribution is -0.128. The van der Waals surface area contributed by atoms with Gasteiger partial charge in [0.1, 0.15) is 5.75 Å². The van der Waals surface area contributed by atoms with Crippen molar-refractivity contribution in [1.29, 1.82) is 0 Å². The number of nitrogens with one attached hydrogen (secondary N) is 2. The molecule has 5 heterocycles. The lowest BCUT2D eigenvalue weighted by atomic mass is 10.2. The summed E-state index contributed by atoms with van der Waals surface area (Å²) < 4.78 is 26.5. The molecule has 0 saturated carbocycles. The molecule has 2 aliphatic rings. The summed E-state index contributed by atoms with van der Waals surface area (Å²) in [7, 11) is 0. The second-order valence-corrected chi connectivity index (χ2v) is 10.2. The standard InChI is InChI=1S/C27H24FN5O4S/c28-19-10-17(31-27(35)32-18-14-36-15-18)4-6-22(19)37-23-7-8-29-21-11-24(38-26(21)23)20-5-3-16(12-30-20)13-33-9-1-2-25(33)34/h3-8,10-12,18H,1-2,9,13-15H2,(H2,31,32,35). The van der Waals surface area contributed by atoms with E-state index in [1.165, 1.54) is 23.5 Å². The van der Waals surface area contributed by atoms with E-state index in [9.17, 15) is 14.0 Å². The van der Waals surface area contributed by atoms with Gasteiger partial charge >= 0.3 is 6.03 Å². The highest BCUT2D eigenvalue weighted by molar-refractivity contribution is 7.22. The zero-order chi connectivity index (χ0) is 26.1. The highest BCUT2D eigenvalue weighted by atomic mass is 32.1. The molecule has 3 aromatic heterocycles. The maximum atomic E-state index is 14.8. The van der Waals surface area contributed by atoms with E-state index < -0.39 is 11.8 Å². The summed E-state index contributed by atoms with van der Waals surface area (Å²) >= 11 is 1.45. The molecule has 6 rings (SSSR count). The number of halogens is 1. The van der Waals surface area contributed by atoms with E-state index >= 15 is 0 Å². The molecule has 0 spiro atoms. The van der Waals surface area contributed by atoms with Crippen LogP contribution in [0.1, 0.15) is 18.4 Å². The largest absolute Gasteiger partial charge is 0.453 e. The number of benzene rings is 1. The Kier molecular flexibility index (Phi) is 6.61. The summed E-state index contributed by atoms with van der Waals surface area (Å²) in [5.41, 5.74) is 2.79. The fourth-order valence-corrected chi connectivity index (χ4v) is 5.37. The van der Waals surface area contributed by atoms with Gasteiger partial charge in [0.05, 0.1) is 40.0 Å². The van der Waals surface area contributed by atoms with E-state index in [0.29, 0.717) is 43.1 Å². The summed E-state index contributed by atoms with van der Waals surface area (Å²) in [6.07, 6.45) is 4.92. The molecule has 3 amide bonds. The molecule has 38 heavy (non-hydrogen) atoms. The molecule has 2 aliphatic heterocycles. The molecule has 2 fully saturated rings. The minimum Gasteiger partial charge on any atom is -0.453 e. The molecule has 0 aliphatic carbocycles. The summed E-state index contributed by atoms with van der Waals surface area (Å²) in [5.74, 6) is 0.0808. The van der Waals surface area contributed by atoms with E-state index in [-0.39, 0.29) is 17.7 Å². The quantitative estimate of drug-likeness (QED) is 0.349. The van der Waals surface area contributed by atoms with Gasteiger partial charge in [0.15, 0.2) is 11.6 Å². The van der Waals surface area contributed by atoms with E-state index in [4.69, 9.17) is 9.47 Å². The van der Waals surface area contributed by atoms with Gasteiger partial charge in [-0.25, -0.2) is 9.18 Å². The summed E-state index contributed by atoms with van der Waals surface area (Å²) in [6, 6.07) is 11.3. The van der Waals surface area contributed by atoms with Crippen molar-refractivity contribution in [3.8, 4) is 22.1 Å². The van der Waals surface area contributed by atoms with Crippen LogP contribution in [0.15, 0.2) is 54.9 Å². The predicted molar refractivity (Wildman–Crippen MR) is 141 cm³/mol. The Labute approximate surface area is 221 Å². The van der Waals surface area contributed by atoms with Crippen molar-refractivity contribution in [3.63, 3.8) is 0 Å². The Balaban J connectivity index is 1.16. The van der Waals surface area contributed by atoms with Gasteiger partial charge in [0, 0.05) is 49.7 Å². The first-order chi connectivity index (χ1) is 18.5. The third kappa shape index (κ3) is 5.15. The summed E-state index contributed by atoms with van der Waals surface area (Å²) in [6.45, 7) is 2.30. The van der Waals surface area contributed by atoms with Gasteiger partial charge in [-0.2, -0.15) is 0 Å². The van der Waals surface area contributed by atoms with Crippen molar-refractivity contribution in [3.05, 3.63) is 66.2 Å². The number of carbonyl (C=O) groups is 2. The molecule has 2 N–H and O–H groups in total. The number of anilines is 1. The highest BCUT2D eigenvalue weighted by Gasteiger charge is 2.21. The monoisotopic (exact) mass is 533 g/mol. The number of ether oxygens (including phenoxy) is 2. The van der Waals surface area contributed by atoms with Crippen LogP contribution in [0.3, 0.4) is 0 Å². The smallest absolute Gasteiger partial charge is 0.319 e. The number of urea groups is 1. The zero-order valence-corrected chi connectivity index (χ0v) is 21.1. The third-order valence-corrected chi connectivity index (χ3v) is 7.54. The van der Waals surface area contributed by atoms with Gasteiger partial charge in [0.2, 0.25) is 5.91 Å². The maximum Gasteiger partial charge on any atom is 0.319 e. The van der Waals surface area contributed by atoms with Gasteiger partial charge < -0.3 is 25.0 Å². The third-order valence-electron chi connectivity index (χ3n) is 6.38. The number of rotatable bonds is 7. The number of pyridine rings is 2. The second-order valence-electron chi connectivity index (χ2n) is 9.18. The lowest BCUT2D eigenvalue weighted by Crippen LogP contribution is -2.49. The van der Waals surface area contributed by atoms with Gasteiger partial charge in [0.25, 0.3) is 0 Å². The van der Waals surface area contributed by atoms with Crippen LogP contribution in [0.25, 0.3) is 20.8 Å². The molecule has 0 bridgehead atoms. The minimum atomic E-state index is -0.606. The van der Waals surface area contributed by atoms with Crippen molar-refractivity contribution in [2.75, 3.05) is 25.1 Å². The normalized spacial score (nSPS) is 15.5. The van der Waals surface area contributed by atoms with E-state index in [1.807, 2.05) is 23.1 Å². The van der Waals surface area contributed by atoms with Crippen LogP contribution < -0.4 is 15.4 Å².